The molecule has 0 amide bonds. The van der Waals surface area contributed by atoms with Crippen LogP contribution < -0.4 is 5.32 Å². The number of aromatic nitrogens is 2. The van der Waals surface area contributed by atoms with Crippen molar-refractivity contribution < 1.29 is 0 Å². The molecule has 1 N–H and O–H groups in total. The van der Waals surface area contributed by atoms with E-state index in [-0.39, 0.29) is 0 Å². The molecule has 2 heterocycles. The van der Waals surface area contributed by atoms with Crippen LogP contribution in [0.15, 0.2) is 6.20 Å². The zero-order valence-electron chi connectivity index (χ0n) is 12.2. The van der Waals surface area contributed by atoms with Gasteiger partial charge in [-0.15, -0.1) is 0 Å². The maximum Gasteiger partial charge on any atom is 0.0818 e. The van der Waals surface area contributed by atoms with Gasteiger partial charge in [-0.2, -0.15) is 5.10 Å². The first kappa shape index (κ1) is 14.8. The third-order valence-electron chi connectivity index (χ3n) is 3.86. The van der Waals surface area contributed by atoms with Gasteiger partial charge in [0.2, 0.25) is 0 Å². The Hall–Kier alpha value is -0.580. The van der Waals surface area contributed by atoms with Crippen molar-refractivity contribution in [3.63, 3.8) is 0 Å². The minimum Gasteiger partial charge on any atom is -0.313 e. The Labute approximate surface area is 121 Å². The van der Waals surface area contributed by atoms with Gasteiger partial charge in [-0.25, -0.2) is 0 Å². The van der Waals surface area contributed by atoms with Crippen LogP contribution in [0.4, 0.5) is 0 Å². The van der Waals surface area contributed by atoms with Gasteiger partial charge in [0, 0.05) is 19.0 Å². The lowest BCUT2D eigenvalue weighted by molar-refractivity contribution is 0.318. The topological polar surface area (TPSA) is 33.1 Å². The Kier molecular flexibility index (Phi) is 5.25. The third-order valence-corrected chi connectivity index (χ3v) is 4.18. The number of nitrogens with one attached hydrogen (secondary N) is 1. The average Bonchev–Trinajstić information content (AvgIpc) is 2.71. The van der Waals surface area contributed by atoms with Crippen molar-refractivity contribution in [3.05, 3.63) is 16.9 Å². The molecular weight excluding hydrogens is 260 g/mol. The maximum absolute atomic E-state index is 6.28. The van der Waals surface area contributed by atoms with Crippen molar-refractivity contribution >= 4 is 11.6 Å². The van der Waals surface area contributed by atoms with Crippen molar-refractivity contribution in [1.29, 1.82) is 0 Å². The van der Waals surface area contributed by atoms with E-state index in [1.54, 1.807) is 6.20 Å². The van der Waals surface area contributed by atoms with E-state index in [9.17, 15) is 0 Å². The quantitative estimate of drug-likeness (QED) is 0.898. The van der Waals surface area contributed by atoms with Crippen LogP contribution in [0.5, 0.6) is 0 Å². The molecule has 108 valence electrons. The molecular formula is C14H25ClN4. The van der Waals surface area contributed by atoms with E-state index < -0.39 is 0 Å². The zero-order chi connectivity index (χ0) is 13.8. The van der Waals surface area contributed by atoms with Crippen LogP contribution in [-0.2, 0) is 13.0 Å². The van der Waals surface area contributed by atoms with E-state index in [1.165, 1.54) is 18.5 Å². The molecule has 0 saturated carbocycles. The molecule has 4 nitrogen and oxygen atoms in total. The Morgan fingerprint density at radius 3 is 2.89 bits per heavy atom. The van der Waals surface area contributed by atoms with Crippen LogP contribution in [-0.4, -0.2) is 47.9 Å². The highest BCUT2D eigenvalue weighted by Crippen LogP contribution is 2.21. The maximum atomic E-state index is 6.28. The molecule has 0 spiro atoms. The van der Waals surface area contributed by atoms with Crippen molar-refractivity contribution in [2.75, 3.05) is 27.2 Å². The van der Waals surface area contributed by atoms with Gasteiger partial charge in [-0.3, -0.25) is 4.68 Å². The highest BCUT2D eigenvalue weighted by Gasteiger charge is 2.20. The van der Waals surface area contributed by atoms with Crippen LogP contribution >= 0.6 is 11.6 Å². The lowest BCUT2D eigenvalue weighted by atomic mass is 9.94. The summed E-state index contributed by atoms with van der Waals surface area (Å²) >= 11 is 6.28. The molecule has 1 aliphatic heterocycles. The van der Waals surface area contributed by atoms with Crippen molar-refractivity contribution in [3.8, 4) is 0 Å². The van der Waals surface area contributed by atoms with Gasteiger partial charge < -0.3 is 10.2 Å². The molecule has 0 bridgehead atoms. The Bertz CT molecular complexity index is 394. The molecule has 0 aromatic carbocycles. The van der Waals surface area contributed by atoms with E-state index in [4.69, 9.17) is 11.6 Å². The summed E-state index contributed by atoms with van der Waals surface area (Å²) in [6.07, 6.45) is 5.30. The Balaban J connectivity index is 1.96. The first-order valence-electron chi connectivity index (χ1n) is 7.14. The summed E-state index contributed by atoms with van der Waals surface area (Å²) < 4.78 is 2.06. The third kappa shape index (κ3) is 4.20. The summed E-state index contributed by atoms with van der Waals surface area (Å²) in [6.45, 7) is 5.31. The number of likely N-dealkylation sites (N-methyl/N-ethyl adjacent to an activating group) is 1. The predicted octanol–water partition coefficient (Wildman–Crippen LogP) is 2.03. The van der Waals surface area contributed by atoms with E-state index >= 15 is 0 Å². The van der Waals surface area contributed by atoms with Gasteiger partial charge in [0.1, 0.15) is 0 Å². The van der Waals surface area contributed by atoms with E-state index in [2.05, 4.69) is 41.0 Å². The molecule has 2 rings (SSSR count). The van der Waals surface area contributed by atoms with Gasteiger partial charge >= 0.3 is 0 Å². The lowest BCUT2D eigenvalue weighted by Gasteiger charge is -2.28. The van der Waals surface area contributed by atoms with Crippen LogP contribution in [0, 0.1) is 5.92 Å². The lowest BCUT2D eigenvalue weighted by Crippen LogP contribution is -2.39. The average molecular weight is 285 g/mol. The summed E-state index contributed by atoms with van der Waals surface area (Å²) in [7, 11) is 4.16. The van der Waals surface area contributed by atoms with E-state index in [1.807, 2.05) is 0 Å². The monoisotopic (exact) mass is 284 g/mol. The van der Waals surface area contributed by atoms with Gasteiger partial charge in [0.25, 0.3) is 0 Å². The number of hydrogen-bond acceptors (Lipinski definition) is 3. The molecule has 0 aliphatic carbocycles. The summed E-state index contributed by atoms with van der Waals surface area (Å²) in [4.78, 5) is 2.17. The summed E-state index contributed by atoms with van der Waals surface area (Å²) in [5.41, 5.74) is 1.18. The second-order valence-electron chi connectivity index (χ2n) is 5.96. The zero-order valence-corrected chi connectivity index (χ0v) is 13.0. The largest absolute Gasteiger partial charge is 0.313 e. The van der Waals surface area contributed by atoms with Gasteiger partial charge in [0.15, 0.2) is 0 Å². The van der Waals surface area contributed by atoms with Crippen molar-refractivity contribution in [2.24, 2.45) is 5.92 Å². The second kappa shape index (κ2) is 6.73. The molecule has 5 heteroatoms. The fraction of sp³-hybridized carbons (Fsp3) is 0.786. The molecule has 0 radical (unpaired) electrons. The predicted molar refractivity (Wildman–Crippen MR) is 79.7 cm³/mol. The Morgan fingerprint density at radius 1 is 1.47 bits per heavy atom. The van der Waals surface area contributed by atoms with Gasteiger partial charge in [-0.1, -0.05) is 18.5 Å². The fourth-order valence-electron chi connectivity index (χ4n) is 2.54. The number of halogens is 1. The summed E-state index contributed by atoms with van der Waals surface area (Å²) in [5, 5.41) is 8.82. The number of rotatable bonds is 5. The van der Waals surface area contributed by atoms with Crippen LogP contribution in [0.1, 0.15) is 25.5 Å². The van der Waals surface area contributed by atoms with Crippen molar-refractivity contribution in [1.82, 2.24) is 20.0 Å². The first-order chi connectivity index (χ1) is 9.06. The minimum absolute atomic E-state index is 0.545. The minimum atomic E-state index is 0.545. The molecule has 19 heavy (non-hydrogen) atoms. The van der Waals surface area contributed by atoms with Crippen LogP contribution in [0.3, 0.4) is 0 Å². The number of nitrogens with zero attached hydrogens (tertiary/aromatic N) is 3. The highest BCUT2D eigenvalue weighted by atomic mass is 35.5. The summed E-state index contributed by atoms with van der Waals surface area (Å²) in [6, 6.07) is 0.545. The smallest absolute Gasteiger partial charge is 0.0818 e. The Morgan fingerprint density at radius 2 is 2.26 bits per heavy atom. The van der Waals surface area contributed by atoms with Crippen LogP contribution in [0.25, 0.3) is 0 Å². The van der Waals surface area contributed by atoms with Gasteiger partial charge in [-0.05, 0) is 39.4 Å². The van der Waals surface area contributed by atoms with Gasteiger partial charge in [0.05, 0.1) is 23.5 Å². The van der Waals surface area contributed by atoms with Crippen LogP contribution in [0.2, 0.25) is 5.02 Å². The first-order valence-corrected chi connectivity index (χ1v) is 7.52. The number of hydrogen-bond donors (Lipinski definition) is 1. The molecule has 1 aromatic heterocycles. The molecule has 1 fully saturated rings. The fourth-order valence-corrected chi connectivity index (χ4v) is 2.76. The highest BCUT2D eigenvalue weighted by molar-refractivity contribution is 6.31. The summed E-state index contributed by atoms with van der Waals surface area (Å²) in [5.74, 6) is 0.797. The molecule has 1 aliphatic rings. The number of piperidine rings is 1. The molecule has 2 atom stereocenters. The van der Waals surface area contributed by atoms with E-state index in [0.29, 0.717) is 6.04 Å². The molecule has 2 unspecified atom stereocenters. The SMILES string of the molecule is CC1CCC(Cc2c(Cl)cnn2CCN(C)C)NC1. The molecule has 1 saturated heterocycles. The van der Waals surface area contributed by atoms with E-state index in [0.717, 1.165) is 37.0 Å². The standard InChI is InChI=1S/C14H25ClN4/c1-11-4-5-12(16-9-11)8-14-13(15)10-17-19(14)7-6-18(2)3/h10-12,16H,4-9H2,1-3H3. The van der Waals surface area contributed by atoms with Crippen molar-refractivity contribution in [2.45, 2.75) is 38.8 Å². The molecule has 1 aromatic rings. The second-order valence-corrected chi connectivity index (χ2v) is 6.36. The normalized spacial score (nSPS) is 24.1.